The number of aliphatic hydroxyl groups is 14. The highest BCUT2D eigenvalue weighted by molar-refractivity contribution is 5.73. The molecule has 1 unspecified atom stereocenters. The fourth-order valence-electron chi connectivity index (χ4n) is 7.39. The van der Waals surface area contributed by atoms with E-state index in [0.717, 1.165) is 6.92 Å². The van der Waals surface area contributed by atoms with Crippen molar-refractivity contribution in [1.82, 2.24) is 5.32 Å². The van der Waals surface area contributed by atoms with Crippen LogP contribution in [0, 0.1) is 0 Å². The lowest BCUT2D eigenvalue weighted by Crippen LogP contribution is -2.70. The van der Waals surface area contributed by atoms with E-state index in [-0.39, 0.29) is 0 Å². The lowest BCUT2D eigenvalue weighted by molar-refractivity contribution is -0.388. The first kappa shape index (κ1) is 47.6. The third-order valence-electron chi connectivity index (χ3n) is 10.8. The monoisotopic (exact) mass is 852 g/mol. The van der Waals surface area contributed by atoms with Gasteiger partial charge < -0.3 is 125 Å². The zero-order valence-electron chi connectivity index (χ0n) is 31.2. The number of hydrogen-bond acceptors (Lipinski definition) is 25. The second-order valence-electron chi connectivity index (χ2n) is 14.8. The Morgan fingerprint density at radius 3 is 1.57 bits per heavy atom. The summed E-state index contributed by atoms with van der Waals surface area (Å²) >= 11 is 0. The number of nitrogens with one attached hydrogen (secondary N) is 1. The minimum Gasteiger partial charge on any atom is -0.394 e. The number of nitrogens with two attached hydrogens (primary N) is 1. The van der Waals surface area contributed by atoms with Crippen LogP contribution in [-0.2, 0) is 47.4 Å². The van der Waals surface area contributed by atoms with E-state index in [9.17, 15) is 76.3 Å². The van der Waals surface area contributed by atoms with Gasteiger partial charge in [0.15, 0.2) is 31.5 Å². The van der Waals surface area contributed by atoms with Gasteiger partial charge in [0.2, 0.25) is 5.91 Å². The van der Waals surface area contributed by atoms with Crippen molar-refractivity contribution in [3.8, 4) is 0 Å². The van der Waals surface area contributed by atoms with Gasteiger partial charge in [-0.15, -0.1) is 0 Å². The number of aliphatic hydroxyl groups excluding tert-OH is 14. The van der Waals surface area contributed by atoms with Gasteiger partial charge in [-0.2, -0.15) is 0 Å². The molecule has 1 amide bonds. The highest BCUT2D eigenvalue weighted by atomic mass is 16.8. The van der Waals surface area contributed by atoms with Gasteiger partial charge in [0.1, 0.15) is 110 Å². The van der Waals surface area contributed by atoms with Crippen LogP contribution in [0.3, 0.4) is 0 Å². The van der Waals surface area contributed by atoms with Crippen molar-refractivity contribution in [3.63, 3.8) is 0 Å². The molecule has 0 aromatic rings. The van der Waals surface area contributed by atoms with Crippen LogP contribution in [0.1, 0.15) is 13.8 Å². The van der Waals surface area contributed by atoms with Crippen molar-refractivity contribution < 1.29 is 119 Å². The normalized spacial score (nSPS) is 51.6. The fraction of sp³-hybridized carbons (Fsp3) is 0.969. The van der Waals surface area contributed by atoms with Crippen LogP contribution < -0.4 is 11.1 Å². The number of rotatable bonds is 13. The van der Waals surface area contributed by atoms with E-state index in [0.29, 0.717) is 0 Å². The molecule has 5 aliphatic heterocycles. The molecular weight excluding hydrogens is 796 g/mol. The Hall–Kier alpha value is -1.49. The highest BCUT2D eigenvalue weighted by Gasteiger charge is 2.57. The topological polar surface area (TPSA) is 421 Å². The summed E-state index contributed by atoms with van der Waals surface area (Å²) in [5.41, 5.74) is 5.78. The molecule has 0 aromatic carbocycles. The fourth-order valence-corrected chi connectivity index (χ4v) is 7.39. The summed E-state index contributed by atoms with van der Waals surface area (Å²) in [7, 11) is 0. The number of hydrogen-bond donors (Lipinski definition) is 16. The highest BCUT2D eigenvalue weighted by Crippen LogP contribution is 2.36. The van der Waals surface area contributed by atoms with Gasteiger partial charge in [-0.05, 0) is 6.92 Å². The first-order valence-corrected chi connectivity index (χ1v) is 18.5. The first-order chi connectivity index (χ1) is 27.4. The van der Waals surface area contributed by atoms with E-state index in [4.69, 9.17) is 48.4 Å². The van der Waals surface area contributed by atoms with Crippen molar-refractivity contribution in [3.05, 3.63) is 0 Å². The molecule has 5 aliphatic rings. The van der Waals surface area contributed by atoms with Gasteiger partial charge in [-0.25, -0.2) is 0 Å². The molecule has 58 heavy (non-hydrogen) atoms. The minimum absolute atomic E-state index is 0.811. The largest absolute Gasteiger partial charge is 0.394 e. The van der Waals surface area contributed by atoms with E-state index in [1.807, 2.05) is 0 Å². The van der Waals surface area contributed by atoms with E-state index in [1.165, 1.54) is 6.92 Å². The molecule has 5 rings (SSSR count). The Balaban J connectivity index is 1.44. The zero-order valence-corrected chi connectivity index (χ0v) is 31.2. The third kappa shape index (κ3) is 9.75. The molecule has 5 saturated heterocycles. The molecule has 0 radical (unpaired) electrons. The maximum Gasteiger partial charge on any atom is 0.217 e. The van der Waals surface area contributed by atoms with Crippen LogP contribution in [-0.4, -0.2) is 257 Å². The Morgan fingerprint density at radius 2 is 0.983 bits per heavy atom. The van der Waals surface area contributed by atoms with Crippen LogP contribution in [0.4, 0.5) is 0 Å². The second kappa shape index (κ2) is 20.1. The lowest BCUT2D eigenvalue weighted by atomic mass is 9.94. The first-order valence-electron chi connectivity index (χ1n) is 18.5. The smallest absolute Gasteiger partial charge is 0.217 e. The summed E-state index contributed by atoms with van der Waals surface area (Å²) in [5, 5.41) is 150. The maximum atomic E-state index is 12.6. The predicted molar refractivity (Wildman–Crippen MR) is 179 cm³/mol. The molecule has 17 N–H and O–H groups in total. The Labute approximate surface area is 329 Å². The third-order valence-corrected chi connectivity index (χ3v) is 10.8. The van der Waals surface area contributed by atoms with E-state index in [2.05, 4.69) is 5.32 Å². The molecule has 0 saturated carbocycles. The molecule has 0 bridgehead atoms. The van der Waals surface area contributed by atoms with Gasteiger partial charge in [0.05, 0.1) is 38.6 Å². The molecule has 26 heteroatoms. The lowest BCUT2D eigenvalue weighted by Gasteiger charge is -2.50. The van der Waals surface area contributed by atoms with Crippen LogP contribution >= 0.6 is 0 Å². The summed E-state index contributed by atoms with van der Waals surface area (Å²) in [4.78, 5) is 12.6. The van der Waals surface area contributed by atoms with Crippen molar-refractivity contribution >= 4 is 5.91 Å². The van der Waals surface area contributed by atoms with Crippen molar-refractivity contribution in [2.75, 3.05) is 26.4 Å². The number of carbonyl (C=O) groups excluding carboxylic acids is 1. The molecule has 338 valence electrons. The number of carbonyl (C=O) groups is 1. The molecule has 5 fully saturated rings. The summed E-state index contributed by atoms with van der Waals surface area (Å²) in [5.74, 6) is -0.811. The van der Waals surface area contributed by atoms with Crippen LogP contribution in [0.25, 0.3) is 0 Å². The quantitative estimate of drug-likeness (QED) is 0.0818. The standard InChI is InChI=1S/C32H56N2O24/c1-7-15(40)20(45)22(47)30(50-7)58-27-21(46)16(41)9(3-35)54-32(27)56-25-14(34-8(2)39)29(52-10(4-36)17(25)42)57-26-18(43)11(5-37)53-31(23(26)48)55-24-12(6-38)51-28(49)13(33)19(24)44/h7,9-32,35-38,40-49H,3-6,33H2,1-2H3,(H,34,39)/t7-,9+,10+,11+,12+,13+,14+,15+,16-,17+,18-,19+,20+,21-,22-,23+,24+,25+,26-,27+,28?,29-,30-,31-,32-/m0/s1. The number of ether oxygens (including phenoxy) is 9. The maximum absolute atomic E-state index is 12.6. The number of amides is 1. The summed E-state index contributed by atoms with van der Waals surface area (Å²) in [6.07, 6.45) is -40.5. The SMILES string of the molecule is CC(=O)N[C@H]1[C@H](O[C@H]2[C@@H](O)[C@@H](CO)O[C@@H](O[C@H]3[C@H](O)[C@@H](N)C(O)O[C@@H]3CO)[C@@H]2O)O[C@H](CO)[C@@H](O)[C@@H]1O[C@@H]1O[C@H](CO)[C@H](O)[C@H](O)[C@H]1O[C@@H]1O[C@@H](C)[C@@H](O)[C@@H](O)[C@@H]1O. The molecule has 26 nitrogen and oxygen atoms in total. The Morgan fingerprint density at radius 1 is 0.500 bits per heavy atom. The Bertz CT molecular complexity index is 1310. The van der Waals surface area contributed by atoms with Crippen molar-refractivity contribution in [2.45, 2.75) is 167 Å². The second-order valence-corrected chi connectivity index (χ2v) is 14.8. The van der Waals surface area contributed by atoms with Crippen LogP contribution in [0.15, 0.2) is 0 Å². The average molecular weight is 853 g/mol. The van der Waals surface area contributed by atoms with E-state index >= 15 is 0 Å². The summed E-state index contributed by atoms with van der Waals surface area (Å²) in [6, 6.07) is -3.16. The summed E-state index contributed by atoms with van der Waals surface area (Å²) < 4.78 is 51.1. The van der Waals surface area contributed by atoms with Gasteiger partial charge in [-0.1, -0.05) is 0 Å². The van der Waals surface area contributed by atoms with Crippen LogP contribution in [0.5, 0.6) is 0 Å². The summed E-state index contributed by atoms with van der Waals surface area (Å²) in [6.45, 7) is -1.23. The minimum atomic E-state index is -2.06. The zero-order chi connectivity index (χ0) is 42.9. The molecular formula is C32H56N2O24. The molecule has 25 atom stereocenters. The van der Waals surface area contributed by atoms with Crippen molar-refractivity contribution in [1.29, 1.82) is 0 Å². The van der Waals surface area contributed by atoms with Crippen LogP contribution in [0.2, 0.25) is 0 Å². The van der Waals surface area contributed by atoms with Gasteiger partial charge >= 0.3 is 0 Å². The van der Waals surface area contributed by atoms with E-state index in [1.54, 1.807) is 0 Å². The molecule has 0 aromatic heterocycles. The van der Waals surface area contributed by atoms with E-state index < -0.39 is 186 Å². The average Bonchev–Trinajstić information content (AvgIpc) is 3.19. The predicted octanol–water partition coefficient (Wildman–Crippen LogP) is -10.8. The molecule has 0 spiro atoms. The van der Waals surface area contributed by atoms with Gasteiger partial charge in [0.25, 0.3) is 0 Å². The molecule has 0 aliphatic carbocycles. The Kier molecular flexibility index (Phi) is 16.5. The van der Waals surface area contributed by atoms with Gasteiger partial charge in [0, 0.05) is 6.92 Å². The van der Waals surface area contributed by atoms with Gasteiger partial charge in [-0.3, -0.25) is 4.79 Å². The van der Waals surface area contributed by atoms with Crippen molar-refractivity contribution in [2.24, 2.45) is 5.73 Å². The molecule has 5 heterocycles.